The molecule has 0 aliphatic rings. The molecule has 58 heavy (non-hydrogen) atoms. The number of hydrogen-bond acceptors (Lipinski definition) is 6. The van der Waals surface area contributed by atoms with Crippen molar-refractivity contribution in [3.05, 3.63) is 97.2 Å². The lowest BCUT2D eigenvalue weighted by Gasteiger charge is -2.18. The largest absolute Gasteiger partial charge is 0.462 e. The zero-order chi connectivity index (χ0) is 42.3. The van der Waals surface area contributed by atoms with E-state index < -0.39 is 12.1 Å². The molecule has 0 radical (unpaired) electrons. The van der Waals surface area contributed by atoms with Gasteiger partial charge in [-0.3, -0.25) is 14.4 Å². The third-order valence-electron chi connectivity index (χ3n) is 9.45. The molecule has 0 aromatic rings. The van der Waals surface area contributed by atoms with E-state index >= 15 is 0 Å². The number of ether oxygens (including phenoxy) is 3. The number of esters is 3. The van der Waals surface area contributed by atoms with Gasteiger partial charge in [-0.25, -0.2) is 0 Å². The third-order valence-corrected chi connectivity index (χ3v) is 9.45. The van der Waals surface area contributed by atoms with E-state index in [4.69, 9.17) is 14.2 Å². The zero-order valence-corrected chi connectivity index (χ0v) is 37.3. The summed E-state index contributed by atoms with van der Waals surface area (Å²) in [6.07, 6.45) is 59.7. The van der Waals surface area contributed by atoms with E-state index in [1.165, 1.54) is 70.6 Å². The van der Waals surface area contributed by atoms with E-state index in [1.807, 2.05) is 54.7 Å². The van der Waals surface area contributed by atoms with E-state index in [1.54, 1.807) is 0 Å². The van der Waals surface area contributed by atoms with Crippen LogP contribution in [0.2, 0.25) is 0 Å². The fourth-order valence-corrected chi connectivity index (χ4v) is 5.91. The summed E-state index contributed by atoms with van der Waals surface area (Å²) in [5, 5.41) is 0. The van der Waals surface area contributed by atoms with Crippen molar-refractivity contribution in [2.45, 2.75) is 200 Å². The van der Waals surface area contributed by atoms with Gasteiger partial charge in [-0.05, 0) is 77.0 Å². The van der Waals surface area contributed by atoms with Crippen molar-refractivity contribution in [1.29, 1.82) is 0 Å². The molecule has 0 heterocycles. The molecule has 0 rings (SSSR count). The molecule has 0 fully saturated rings. The van der Waals surface area contributed by atoms with Gasteiger partial charge in [-0.1, -0.05) is 195 Å². The number of carbonyl (C=O) groups is 3. The van der Waals surface area contributed by atoms with Crippen LogP contribution in [0.15, 0.2) is 97.2 Å². The molecule has 0 aliphatic heterocycles. The Kier molecular flexibility index (Phi) is 43.1. The molecule has 6 nitrogen and oxygen atoms in total. The van der Waals surface area contributed by atoms with Crippen LogP contribution in [0.3, 0.4) is 0 Å². The molecule has 6 heteroatoms. The molecule has 1 unspecified atom stereocenters. The predicted molar refractivity (Wildman–Crippen MR) is 247 cm³/mol. The van der Waals surface area contributed by atoms with Gasteiger partial charge < -0.3 is 14.2 Å². The number of rotatable bonds is 40. The third kappa shape index (κ3) is 43.5. The van der Waals surface area contributed by atoms with Crippen LogP contribution >= 0.6 is 0 Å². The highest BCUT2D eigenvalue weighted by Gasteiger charge is 2.19. The molecule has 0 saturated carbocycles. The molecule has 0 aromatic carbocycles. The molecule has 0 saturated heterocycles. The van der Waals surface area contributed by atoms with E-state index in [2.05, 4.69) is 63.3 Å². The Morgan fingerprint density at radius 3 is 1.24 bits per heavy atom. The molecular formula is C52H84O6. The Balaban J connectivity index is 4.53. The van der Waals surface area contributed by atoms with Crippen molar-refractivity contribution in [1.82, 2.24) is 0 Å². The zero-order valence-electron chi connectivity index (χ0n) is 37.3. The number of carbonyl (C=O) groups excluding carboxylic acids is 3. The number of unbranched alkanes of at least 4 members (excludes halogenated alkanes) is 18. The number of allylic oxidation sites excluding steroid dienone is 16. The van der Waals surface area contributed by atoms with Gasteiger partial charge in [-0.15, -0.1) is 0 Å². The quantitative estimate of drug-likeness (QED) is 0.0202. The van der Waals surface area contributed by atoms with Crippen LogP contribution in [0.4, 0.5) is 0 Å². The maximum atomic E-state index is 12.7. The van der Waals surface area contributed by atoms with Crippen molar-refractivity contribution in [3.63, 3.8) is 0 Å². The highest BCUT2D eigenvalue weighted by Crippen LogP contribution is 2.12. The predicted octanol–water partition coefficient (Wildman–Crippen LogP) is 15.0. The average molecular weight is 805 g/mol. The van der Waals surface area contributed by atoms with Gasteiger partial charge in [0.15, 0.2) is 6.10 Å². The van der Waals surface area contributed by atoms with E-state index in [9.17, 15) is 14.4 Å². The second kappa shape index (κ2) is 46.0. The molecule has 0 aromatic heterocycles. The average Bonchev–Trinajstić information content (AvgIpc) is 3.22. The van der Waals surface area contributed by atoms with Gasteiger partial charge in [0.25, 0.3) is 0 Å². The first kappa shape index (κ1) is 54.3. The topological polar surface area (TPSA) is 78.9 Å². The molecule has 0 amide bonds. The molecule has 1 atom stereocenters. The summed E-state index contributed by atoms with van der Waals surface area (Å²) in [6.45, 7) is 6.32. The van der Waals surface area contributed by atoms with Crippen LogP contribution in [-0.4, -0.2) is 37.2 Å². The van der Waals surface area contributed by atoms with Crippen LogP contribution in [0.1, 0.15) is 194 Å². The summed E-state index contributed by atoms with van der Waals surface area (Å²) < 4.78 is 16.6. The lowest BCUT2D eigenvalue weighted by Crippen LogP contribution is -2.30. The molecule has 328 valence electrons. The molecule has 0 spiro atoms. The van der Waals surface area contributed by atoms with Crippen LogP contribution in [0, 0.1) is 0 Å². The molecule has 0 N–H and O–H groups in total. The van der Waals surface area contributed by atoms with Crippen molar-refractivity contribution in [2.24, 2.45) is 0 Å². The molecular weight excluding hydrogens is 721 g/mol. The fourth-order valence-electron chi connectivity index (χ4n) is 5.91. The smallest absolute Gasteiger partial charge is 0.306 e. The Bertz CT molecular complexity index is 1200. The Hall–Kier alpha value is -3.67. The second-order valence-corrected chi connectivity index (χ2v) is 15.1. The van der Waals surface area contributed by atoms with E-state index in [0.717, 1.165) is 77.0 Å². The van der Waals surface area contributed by atoms with Gasteiger partial charge in [0.05, 0.1) is 0 Å². The monoisotopic (exact) mass is 805 g/mol. The first-order valence-corrected chi connectivity index (χ1v) is 23.3. The fraction of sp³-hybridized carbons (Fsp3) is 0.635. The summed E-state index contributed by atoms with van der Waals surface area (Å²) in [7, 11) is 0. The van der Waals surface area contributed by atoms with E-state index in [-0.39, 0.29) is 31.6 Å². The summed E-state index contributed by atoms with van der Waals surface area (Å²) in [5.74, 6) is -1.04. The first-order valence-electron chi connectivity index (χ1n) is 23.3. The van der Waals surface area contributed by atoms with Gasteiger partial charge in [0, 0.05) is 19.3 Å². The van der Waals surface area contributed by atoms with Gasteiger partial charge in [0.2, 0.25) is 0 Å². The minimum absolute atomic E-state index is 0.120. The summed E-state index contributed by atoms with van der Waals surface area (Å²) >= 11 is 0. The summed E-state index contributed by atoms with van der Waals surface area (Å²) in [5.41, 5.74) is 0. The van der Waals surface area contributed by atoms with Gasteiger partial charge in [0.1, 0.15) is 13.2 Å². The highest BCUT2D eigenvalue weighted by molar-refractivity contribution is 5.71. The lowest BCUT2D eigenvalue weighted by molar-refractivity contribution is -0.167. The SMILES string of the molecule is CC\C=C/C=C\C=C/C=C\C=C/CCCC(=O)OC(COC(=O)CCCCC/C=C\C=C/CCCC)COC(=O)CCCCCCC/C=C\CCCCCCCCC. The van der Waals surface area contributed by atoms with Gasteiger partial charge in [-0.2, -0.15) is 0 Å². The van der Waals surface area contributed by atoms with Crippen LogP contribution < -0.4 is 0 Å². The van der Waals surface area contributed by atoms with Gasteiger partial charge >= 0.3 is 17.9 Å². The van der Waals surface area contributed by atoms with Crippen molar-refractivity contribution >= 4 is 17.9 Å². The van der Waals surface area contributed by atoms with Crippen molar-refractivity contribution in [2.75, 3.05) is 13.2 Å². The highest BCUT2D eigenvalue weighted by atomic mass is 16.6. The second-order valence-electron chi connectivity index (χ2n) is 15.1. The molecule has 0 aliphatic carbocycles. The molecule has 0 bridgehead atoms. The minimum atomic E-state index is -0.827. The van der Waals surface area contributed by atoms with E-state index in [0.29, 0.717) is 19.3 Å². The van der Waals surface area contributed by atoms with Crippen molar-refractivity contribution < 1.29 is 28.6 Å². The first-order chi connectivity index (χ1) is 28.5. The number of hydrogen-bond donors (Lipinski definition) is 0. The summed E-state index contributed by atoms with van der Waals surface area (Å²) in [4.78, 5) is 37.7. The van der Waals surface area contributed by atoms with Crippen LogP contribution in [0.25, 0.3) is 0 Å². The Labute approximate surface area is 356 Å². The maximum absolute atomic E-state index is 12.7. The summed E-state index contributed by atoms with van der Waals surface area (Å²) in [6, 6.07) is 0. The van der Waals surface area contributed by atoms with Crippen LogP contribution in [-0.2, 0) is 28.6 Å². The minimum Gasteiger partial charge on any atom is -0.462 e. The Morgan fingerprint density at radius 2 is 0.724 bits per heavy atom. The normalized spacial score (nSPS) is 12.9. The van der Waals surface area contributed by atoms with Crippen LogP contribution in [0.5, 0.6) is 0 Å². The Morgan fingerprint density at radius 1 is 0.362 bits per heavy atom. The van der Waals surface area contributed by atoms with Crippen molar-refractivity contribution in [3.8, 4) is 0 Å². The maximum Gasteiger partial charge on any atom is 0.306 e. The lowest BCUT2D eigenvalue weighted by atomic mass is 10.1. The standard InChI is InChI=1S/C52H84O6/c1-4-7-10-13-16-19-22-24-25-26-28-30-33-36-39-42-45-51(54)57-48-49(47-56-50(53)44-41-38-35-32-29-21-18-15-12-9-6-3)58-52(55)46-43-40-37-34-31-27-23-20-17-14-11-8-5-2/h8,11,14-15,17-18,20-21,23,25-27,29,31,34,37,49H,4-7,9-10,12-13,16,19,22,24,28,30,32-33,35-36,38-48H2,1-3H3/b11-8-,17-14-,18-15-,23-20-,26-25-,29-21-,31-27-,37-34-.